The Morgan fingerprint density at radius 3 is 1.34 bits per heavy atom. The number of hydrogen-bond acceptors (Lipinski definition) is 3. The Kier molecular flexibility index (Phi) is 28.4. The van der Waals surface area contributed by atoms with Gasteiger partial charge in [0.2, 0.25) is 0 Å². The van der Waals surface area contributed by atoms with Crippen LogP contribution in [0.5, 0.6) is 0 Å². The molecule has 0 aliphatic rings. The fraction of sp³-hybridized carbons (Fsp3) is 0.902. The highest BCUT2D eigenvalue weighted by Gasteiger charge is 2.13. The normalized spacial score (nSPS) is 11.9. The van der Waals surface area contributed by atoms with Gasteiger partial charge in [0.15, 0.2) is 0 Å². The SMILES string of the molecule is CCCCCCCCCCCCCCCC[N+](C)(C)CCCCCCCCCOCCCCCCCCCn1cc(C)c(=O)[nH]c1=O. The van der Waals surface area contributed by atoms with E-state index >= 15 is 0 Å². The van der Waals surface area contributed by atoms with E-state index in [0.29, 0.717) is 12.1 Å². The molecule has 6 heteroatoms. The molecule has 1 rings (SSSR count). The van der Waals surface area contributed by atoms with Crippen molar-refractivity contribution in [1.82, 2.24) is 9.55 Å². The lowest BCUT2D eigenvalue weighted by Crippen LogP contribution is -2.41. The van der Waals surface area contributed by atoms with Crippen LogP contribution in [0.2, 0.25) is 0 Å². The van der Waals surface area contributed by atoms with Crippen molar-refractivity contribution in [3.8, 4) is 0 Å². The Bertz CT molecular complexity index is 939. The molecule has 0 radical (unpaired) electrons. The second-order valence-electron chi connectivity index (χ2n) is 15.3. The van der Waals surface area contributed by atoms with Crippen LogP contribution < -0.4 is 11.2 Å². The standard InChI is InChI=1S/C41H79N3O3/c1-5-6-7-8-9-10-11-12-13-14-15-19-24-29-34-44(3,4)35-30-25-20-17-22-27-32-37-47-36-31-26-21-16-18-23-28-33-43-38-39(2)40(45)42-41(43)46/h38H,5-37H2,1-4H3/p+1. The van der Waals surface area contributed by atoms with E-state index in [-0.39, 0.29) is 11.2 Å². The van der Waals surface area contributed by atoms with Gasteiger partial charge in [-0.1, -0.05) is 142 Å². The smallest absolute Gasteiger partial charge is 0.328 e. The van der Waals surface area contributed by atoms with Gasteiger partial charge in [-0.3, -0.25) is 9.78 Å². The summed E-state index contributed by atoms with van der Waals surface area (Å²) in [5.74, 6) is 0. The number of nitrogens with zero attached hydrogens (tertiary/aromatic N) is 2. The Morgan fingerprint density at radius 2 is 0.915 bits per heavy atom. The van der Waals surface area contributed by atoms with E-state index in [2.05, 4.69) is 26.0 Å². The summed E-state index contributed by atoms with van der Waals surface area (Å²) >= 11 is 0. The van der Waals surface area contributed by atoms with Crippen molar-refractivity contribution >= 4 is 0 Å². The predicted octanol–water partition coefficient (Wildman–Crippen LogP) is 10.9. The second-order valence-corrected chi connectivity index (χ2v) is 15.3. The van der Waals surface area contributed by atoms with Crippen LogP contribution in [-0.4, -0.2) is 54.4 Å². The van der Waals surface area contributed by atoms with Crippen molar-refractivity contribution in [3.63, 3.8) is 0 Å². The number of unbranched alkanes of at least 4 members (excludes halogenated alkanes) is 25. The van der Waals surface area contributed by atoms with E-state index in [1.165, 1.54) is 185 Å². The van der Waals surface area contributed by atoms with Gasteiger partial charge in [0, 0.05) is 31.5 Å². The molecule has 1 aromatic heterocycles. The molecule has 276 valence electrons. The van der Waals surface area contributed by atoms with Crippen LogP contribution in [0.3, 0.4) is 0 Å². The van der Waals surface area contributed by atoms with Crippen molar-refractivity contribution in [3.05, 3.63) is 32.6 Å². The molecule has 0 bridgehead atoms. The van der Waals surface area contributed by atoms with Gasteiger partial charge in [0.05, 0.1) is 27.2 Å². The maximum Gasteiger partial charge on any atom is 0.328 e. The maximum atomic E-state index is 11.8. The number of aryl methyl sites for hydroxylation is 2. The molecule has 0 unspecified atom stereocenters. The van der Waals surface area contributed by atoms with E-state index in [4.69, 9.17) is 4.74 Å². The highest BCUT2D eigenvalue weighted by molar-refractivity contribution is 5.00. The first-order valence-electron chi connectivity index (χ1n) is 20.6. The molecular formula is C41H80N3O3+. The van der Waals surface area contributed by atoms with Crippen LogP contribution >= 0.6 is 0 Å². The van der Waals surface area contributed by atoms with E-state index in [0.717, 1.165) is 26.1 Å². The molecule has 0 saturated carbocycles. The summed E-state index contributed by atoms with van der Waals surface area (Å²) in [5, 5.41) is 0. The average Bonchev–Trinajstić information content (AvgIpc) is 3.04. The number of rotatable bonds is 35. The zero-order valence-electron chi connectivity index (χ0n) is 32.0. The van der Waals surface area contributed by atoms with Gasteiger partial charge in [0.25, 0.3) is 5.56 Å². The summed E-state index contributed by atoms with van der Waals surface area (Å²) in [6, 6.07) is 0. The fourth-order valence-corrected chi connectivity index (χ4v) is 6.73. The Balaban J connectivity index is 1.77. The molecule has 0 spiro atoms. The van der Waals surface area contributed by atoms with Gasteiger partial charge >= 0.3 is 5.69 Å². The molecule has 1 aromatic rings. The maximum absolute atomic E-state index is 11.8. The predicted molar refractivity (Wildman–Crippen MR) is 204 cm³/mol. The Morgan fingerprint density at radius 1 is 0.553 bits per heavy atom. The number of aromatic amines is 1. The molecule has 0 aromatic carbocycles. The monoisotopic (exact) mass is 663 g/mol. The number of aromatic nitrogens is 2. The third kappa shape index (κ3) is 27.1. The summed E-state index contributed by atoms with van der Waals surface area (Å²) in [5.41, 5.74) is 0.0161. The van der Waals surface area contributed by atoms with E-state index in [1.54, 1.807) is 17.7 Å². The number of quaternary nitrogens is 1. The molecule has 0 fully saturated rings. The highest BCUT2D eigenvalue weighted by atomic mass is 16.5. The third-order valence-corrected chi connectivity index (χ3v) is 10.0. The van der Waals surface area contributed by atoms with Gasteiger partial charge < -0.3 is 13.8 Å². The molecule has 0 saturated heterocycles. The quantitative estimate of drug-likeness (QED) is 0.0581. The number of ether oxygens (including phenoxy) is 1. The average molecular weight is 663 g/mol. The van der Waals surface area contributed by atoms with Gasteiger partial charge in [-0.2, -0.15) is 0 Å². The van der Waals surface area contributed by atoms with Crippen LogP contribution in [0.25, 0.3) is 0 Å². The van der Waals surface area contributed by atoms with E-state index < -0.39 is 0 Å². The topological polar surface area (TPSA) is 64.1 Å². The minimum absolute atomic E-state index is 0.282. The molecule has 1 heterocycles. The van der Waals surface area contributed by atoms with Crippen LogP contribution in [-0.2, 0) is 11.3 Å². The number of nitrogens with one attached hydrogen (secondary N) is 1. The summed E-state index contributed by atoms with van der Waals surface area (Å²) in [6.07, 6.45) is 39.5. The molecule has 6 nitrogen and oxygen atoms in total. The first kappa shape index (κ1) is 43.6. The zero-order valence-corrected chi connectivity index (χ0v) is 32.0. The molecule has 0 aliphatic heterocycles. The first-order chi connectivity index (χ1) is 22.9. The van der Waals surface area contributed by atoms with Gasteiger partial charge in [-0.15, -0.1) is 0 Å². The van der Waals surface area contributed by atoms with Crippen LogP contribution in [0, 0.1) is 6.92 Å². The van der Waals surface area contributed by atoms with Crippen molar-refractivity contribution in [1.29, 1.82) is 0 Å². The second kappa shape index (κ2) is 30.6. The number of H-pyrrole nitrogens is 1. The summed E-state index contributed by atoms with van der Waals surface area (Å²) in [7, 11) is 4.88. The van der Waals surface area contributed by atoms with Gasteiger partial charge in [0.1, 0.15) is 0 Å². The summed E-state index contributed by atoms with van der Waals surface area (Å²) in [4.78, 5) is 25.6. The molecular weight excluding hydrogens is 582 g/mol. The molecule has 1 N–H and O–H groups in total. The first-order valence-corrected chi connectivity index (χ1v) is 20.6. The van der Waals surface area contributed by atoms with Gasteiger partial charge in [-0.25, -0.2) is 4.79 Å². The summed E-state index contributed by atoms with van der Waals surface area (Å²) in [6.45, 7) is 9.24. The van der Waals surface area contributed by atoms with Crippen LogP contribution in [0.1, 0.15) is 192 Å². The lowest BCUT2D eigenvalue weighted by molar-refractivity contribution is -0.890. The van der Waals surface area contributed by atoms with Crippen molar-refractivity contribution < 1.29 is 9.22 Å². The summed E-state index contributed by atoms with van der Waals surface area (Å²) < 4.78 is 8.70. The molecule has 0 amide bonds. The highest BCUT2D eigenvalue weighted by Crippen LogP contribution is 2.15. The Hall–Kier alpha value is -1.40. The largest absolute Gasteiger partial charge is 0.381 e. The molecule has 0 aliphatic carbocycles. The third-order valence-electron chi connectivity index (χ3n) is 10.0. The number of hydrogen-bond donors (Lipinski definition) is 1. The molecule has 0 atom stereocenters. The lowest BCUT2D eigenvalue weighted by Gasteiger charge is -2.30. The van der Waals surface area contributed by atoms with Crippen molar-refractivity contribution in [2.24, 2.45) is 0 Å². The van der Waals surface area contributed by atoms with Crippen LogP contribution in [0.4, 0.5) is 0 Å². The van der Waals surface area contributed by atoms with E-state index in [1.807, 2.05) is 0 Å². The van der Waals surface area contributed by atoms with Gasteiger partial charge in [-0.05, 0) is 51.9 Å². The Labute approximate surface area is 291 Å². The van der Waals surface area contributed by atoms with E-state index in [9.17, 15) is 9.59 Å². The van der Waals surface area contributed by atoms with Crippen LogP contribution in [0.15, 0.2) is 15.8 Å². The zero-order chi connectivity index (χ0) is 34.3. The minimum atomic E-state index is -0.296. The molecule has 47 heavy (non-hydrogen) atoms. The van der Waals surface area contributed by atoms with Crippen molar-refractivity contribution in [2.75, 3.05) is 40.4 Å². The fourth-order valence-electron chi connectivity index (χ4n) is 6.73. The van der Waals surface area contributed by atoms with Crippen molar-refractivity contribution in [2.45, 2.75) is 200 Å². The lowest BCUT2D eigenvalue weighted by atomic mass is 10.0. The minimum Gasteiger partial charge on any atom is -0.381 e.